The van der Waals surface area contributed by atoms with E-state index in [0.29, 0.717) is 10.6 Å². The molecule has 18 heavy (non-hydrogen) atoms. The lowest BCUT2D eigenvalue weighted by atomic mass is 9.65. The minimum atomic E-state index is -0.0634. The van der Waals surface area contributed by atoms with Gasteiger partial charge in [0.1, 0.15) is 0 Å². The Hall–Kier alpha value is -0.930. The van der Waals surface area contributed by atoms with E-state index < -0.39 is 0 Å². The number of benzene rings is 1. The molecule has 2 nitrogen and oxygen atoms in total. The highest BCUT2D eigenvalue weighted by Crippen LogP contribution is 2.42. The summed E-state index contributed by atoms with van der Waals surface area (Å²) in [7, 11) is 0. The molecule has 0 aromatic heterocycles. The summed E-state index contributed by atoms with van der Waals surface area (Å²) in [6.45, 7) is 4.13. The lowest BCUT2D eigenvalue weighted by molar-refractivity contribution is 0.0868. The number of thiocarbonyl (C=S) groups is 1. The van der Waals surface area contributed by atoms with Gasteiger partial charge in [0, 0.05) is 22.0 Å². The molecule has 1 aliphatic rings. The molecule has 0 aliphatic heterocycles. The van der Waals surface area contributed by atoms with Crippen molar-refractivity contribution in [1.29, 1.82) is 0 Å². The molecule has 2 rings (SSSR count). The monoisotopic (exact) mass is 281 g/mol. The highest BCUT2D eigenvalue weighted by Gasteiger charge is 2.42. The van der Waals surface area contributed by atoms with E-state index in [1.54, 1.807) is 24.3 Å². The number of rotatable bonds is 3. The molecule has 1 fully saturated rings. The molecular weight excluding hydrogens is 266 g/mol. The van der Waals surface area contributed by atoms with Crippen LogP contribution in [0.5, 0.6) is 0 Å². The van der Waals surface area contributed by atoms with Gasteiger partial charge in [0.15, 0.2) is 0 Å². The van der Waals surface area contributed by atoms with Crippen LogP contribution in [0, 0.1) is 5.41 Å². The van der Waals surface area contributed by atoms with E-state index in [9.17, 15) is 4.79 Å². The Morgan fingerprint density at radius 2 is 2.17 bits per heavy atom. The summed E-state index contributed by atoms with van der Waals surface area (Å²) < 4.78 is 0. The Labute approximate surface area is 118 Å². The second-order valence-corrected chi connectivity index (χ2v) is 6.25. The summed E-state index contributed by atoms with van der Waals surface area (Å²) in [6, 6.07) is 7.21. The molecule has 1 amide bonds. The summed E-state index contributed by atoms with van der Waals surface area (Å²) >= 11 is 11.1. The SMILES string of the molecule is CC(=S)C1(C)CC(NC(=O)c2cccc(Cl)c2)C1. The van der Waals surface area contributed by atoms with Gasteiger partial charge in [0.25, 0.3) is 5.91 Å². The van der Waals surface area contributed by atoms with Crippen LogP contribution in [0.25, 0.3) is 0 Å². The predicted molar refractivity (Wildman–Crippen MR) is 78.3 cm³/mol. The standard InChI is InChI=1S/C14H16ClNOS/c1-9(18)14(2)7-12(8-14)16-13(17)10-4-3-5-11(15)6-10/h3-6,12H,7-8H2,1-2H3,(H,16,17). The molecule has 96 valence electrons. The largest absolute Gasteiger partial charge is 0.349 e. The van der Waals surface area contributed by atoms with Gasteiger partial charge in [0.05, 0.1) is 0 Å². The summed E-state index contributed by atoms with van der Waals surface area (Å²) in [6.07, 6.45) is 1.85. The van der Waals surface area contributed by atoms with Crippen molar-refractivity contribution < 1.29 is 4.79 Å². The van der Waals surface area contributed by atoms with Crippen molar-refractivity contribution in [3.05, 3.63) is 34.9 Å². The zero-order valence-electron chi connectivity index (χ0n) is 10.5. The normalized spacial score (nSPS) is 26.3. The lowest BCUT2D eigenvalue weighted by Gasteiger charge is -2.45. The third-order valence-corrected chi connectivity index (χ3v) is 4.39. The van der Waals surface area contributed by atoms with Crippen molar-refractivity contribution in [2.75, 3.05) is 0 Å². The smallest absolute Gasteiger partial charge is 0.251 e. The van der Waals surface area contributed by atoms with Crippen molar-refractivity contribution in [3.63, 3.8) is 0 Å². The van der Waals surface area contributed by atoms with Crippen LogP contribution in [0.3, 0.4) is 0 Å². The first-order chi connectivity index (χ1) is 8.40. The first-order valence-electron chi connectivity index (χ1n) is 5.98. The van der Waals surface area contributed by atoms with E-state index in [0.717, 1.165) is 17.7 Å². The van der Waals surface area contributed by atoms with E-state index in [1.165, 1.54) is 0 Å². The van der Waals surface area contributed by atoms with Gasteiger partial charge in [-0.15, -0.1) is 0 Å². The fourth-order valence-corrected chi connectivity index (χ4v) is 2.67. The minimum absolute atomic E-state index is 0.0634. The van der Waals surface area contributed by atoms with Crippen molar-refractivity contribution in [2.24, 2.45) is 5.41 Å². The maximum absolute atomic E-state index is 12.0. The zero-order chi connectivity index (χ0) is 13.3. The third-order valence-electron chi connectivity index (χ3n) is 3.67. The van der Waals surface area contributed by atoms with E-state index >= 15 is 0 Å². The lowest BCUT2D eigenvalue weighted by Crippen LogP contribution is -2.51. The fraction of sp³-hybridized carbons (Fsp3) is 0.429. The number of carbonyl (C=O) groups is 1. The fourth-order valence-electron chi connectivity index (χ4n) is 2.32. The van der Waals surface area contributed by atoms with Crippen molar-refractivity contribution in [1.82, 2.24) is 5.32 Å². The Balaban J connectivity index is 1.93. The number of halogens is 1. The molecule has 0 unspecified atom stereocenters. The quantitative estimate of drug-likeness (QED) is 0.857. The number of carbonyl (C=O) groups excluding carboxylic acids is 1. The zero-order valence-corrected chi connectivity index (χ0v) is 12.1. The Bertz CT molecular complexity index is 494. The molecule has 0 heterocycles. The van der Waals surface area contributed by atoms with Crippen LogP contribution >= 0.6 is 23.8 Å². The van der Waals surface area contributed by atoms with Gasteiger partial charge in [0.2, 0.25) is 0 Å². The second-order valence-electron chi connectivity index (χ2n) is 5.21. The van der Waals surface area contributed by atoms with Crippen molar-refractivity contribution >= 4 is 34.6 Å². The van der Waals surface area contributed by atoms with Crippen molar-refractivity contribution in [2.45, 2.75) is 32.7 Å². The number of hydrogen-bond acceptors (Lipinski definition) is 2. The number of amides is 1. The average molecular weight is 282 g/mol. The highest BCUT2D eigenvalue weighted by molar-refractivity contribution is 7.80. The average Bonchev–Trinajstić information content (AvgIpc) is 2.26. The summed E-state index contributed by atoms with van der Waals surface area (Å²) in [4.78, 5) is 13.0. The van der Waals surface area contributed by atoms with Crippen molar-refractivity contribution in [3.8, 4) is 0 Å². The first kappa shape index (κ1) is 13.5. The molecule has 1 N–H and O–H groups in total. The Morgan fingerprint density at radius 3 is 2.72 bits per heavy atom. The van der Waals surface area contributed by atoms with Gasteiger partial charge in [-0.2, -0.15) is 0 Å². The maximum atomic E-state index is 12.0. The van der Waals surface area contributed by atoms with Crippen LogP contribution in [-0.4, -0.2) is 16.8 Å². The Kier molecular flexibility index (Phi) is 3.74. The van der Waals surface area contributed by atoms with E-state index in [2.05, 4.69) is 12.2 Å². The molecular formula is C14H16ClNOS. The van der Waals surface area contributed by atoms with Gasteiger partial charge < -0.3 is 5.32 Å². The number of nitrogens with one attached hydrogen (secondary N) is 1. The van der Waals surface area contributed by atoms with Gasteiger partial charge in [-0.05, 0) is 42.8 Å². The van der Waals surface area contributed by atoms with E-state index in [1.807, 2.05) is 6.92 Å². The van der Waals surface area contributed by atoms with E-state index in [-0.39, 0.29) is 17.4 Å². The molecule has 1 aromatic rings. The van der Waals surface area contributed by atoms with Crippen LogP contribution in [0.1, 0.15) is 37.0 Å². The predicted octanol–water partition coefficient (Wildman–Crippen LogP) is 3.63. The highest BCUT2D eigenvalue weighted by atomic mass is 35.5. The molecule has 0 saturated heterocycles. The molecule has 0 atom stereocenters. The molecule has 0 radical (unpaired) electrons. The maximum Gasteiger partial charge on any atom is 0.251 e. The van der Waals surface area contributed by atoms with Crippen LogP contribution in [-0.2, 0) is 0 Å². The summed E-state index contributed by atoms with van der Waals surface area (Å²) in [5, 5.41) is 3.59. The molecule has 1 saturated carbocycles. The molecule has 1 aromatic carbocycles. The summed E-state index contributed by atoms with van der Waals surface area (Å²) in [5.41, 5.74) is 0.719. The second kappa shape index (κ2) is 4.98. The van der Waals surface area contributed by atoms with E-state index in [4.69, 9.17) is 23.8 Å². The van der Waals surface area contributed by atoms with Crippen LogP contribution < -0.4 is 5.32 Å². The summed E-state index contributed by atoms with van der Waals surface area (Å²) in [5.74, 6) is -0.0634. The minimum Gasteiger partial charge on any atom is -0.349 e. The topological polar surface area (TPSA) is 29.1 Å². The van der Waals surface area contributed by atoms with Gasteiger partial charge >= 0.3 is 0 Å². The molecule has 1 aliphatic carbocycles. The molecule has 4 heteroatoms. The molecule has 0 bridgehead atoms. The molecule has 0 spiro atoms. The van der Waals surface area contributed by atoms with Crippen LogP contribution in [0.4, 0.5) is 0 Å². The third kappa shape index (κ3) is 2.73. The van der Waals surface area contributed by atoms with Gasteiger partial charge in [-0.25, -0.2) is 0 Å². The Morgan fingerprint density at radius 1 is 1.50 bits per heavy atom. The van der Waals surface area contributed by atoms with Gasteiger partial charge in [-0.1, -0.05) is 36.8 Å². The van der Waals surface area contributed by atoms with Gasteiger partial charge in [-0.3, -0.25) is 4.79 Å². The first-order valence-corrected chi connectivity index (χ1v) is 6.77. The van der Waals surface area contributed by atoms with Crippen LogP contribution in [0.15, 0.2) is 24.3 Å². The van der Waals surface area contributed by atoms with Crippen LogP contribution in [0.2, 0.25) is 5.02 Å². The number of hydrogen-bond donors (Lipinski definition) is 1.